The maximum absolute atomic E-state index is 12.0. The van der Waals surface area contributed by atoms with Crippen LogP contribution in [0, 0.1) is 0 Å². The summed E-state index contributed by atoms with van der Waals surface area (Å²) >= 11 is 1.15. The van der Waals surface area contributed by atoms with Crippen LogP contribution in [0.1, 0.15) is 24.8 Å². The van der Waals surface area contributed by atoms with E-state index in [-0.39, 0.29) is 23.5 Å². The maximum Gasteiger partial charge on any atom is 0.231 e. The van der Waals surface area contributed by atoms with Gasteiger partial charge in [0.25, 0.3) is 0 Å². The van der Waals surface area contributed by atoms with E-state index in [9.17, 15) is 13.2 Å². The molecule has 2 aromatic heterocycles. The molecule has 2 aromatic rings. The van der Waals surface area contributed by atoms with Crippen LogP contribution in [-0.4, -0.2) is 31.6 Å². The average Bonchev–Trinajstić information content (AvgIpc) is 3.06. The van der Waals surface area contributed by atoms with E-state index in [1.165, 1.54) is 0 Å². The van der Waals surface area contributed by atoms with E-state index in [1.54, 1.807) is 11.6 Å². The fraction of sp³-hybridized carbons (Fsp3) is 0.429. The van der Waals surface area contributed by atoms with Crippen LogP contribution >= 0.6 is 11.3 Å². The highest BCUT2D eigenvalue weighted by atomic mass is 32.2. The molecule has 0 saturated heterocycles. The number of anilines is 1. The van der Waals surface area contributed by atoms with Gasteiger partial charge in [0, 0.05) is 17.8 Å². The van der Waals surface area contributed by atoms with Gasteiger partial charge in [-0.1, -0.05) is 0 Å². The summed E-state index contributed by atoms with van der Waals surface area (Å²) in [5.74, 6) is 0.746. The molecule has 2 heterocycles. The number of sulfonamides is 1. The molecule has 0 aliphatic heterocycles. The highest BCUT2D eigenvalue weighted by molar-refractivity contribution is 7.92. The van der Waals surface area contributed by atoms with Crippen molar-refractivity contribution in [1.82, 2.24) is 10.3 Å². The van der Waals surface area contributed by atoms with Crippen LogP contribution in [0.4, 0.5) is 5.13 Å². The van der Waals surface area contributed by atoms with Crippen LogP contribution < -0.4 is 10.0 Å². The van der Waals surface area contributed by atoms with Gasteiger partial charge in [0.1, 0.15) is 5.76 Å². The van der Waals surface area contributed by atoms with Gasteiger partial charge in [0.05, 0.1) is 24.6 Å². The van der Waals surface area contributed by atoms with Crippen molar-refractivity contribution < 1.29 is 17.6 Å². The number of furan rings is 1. The third kappa shape index (κ3) is 6.41. The fourth-order valence-electron chi connectivity index (χ4n) is 1.97. The van der Waals surface area contributed by atoms with Gasteiger partial charge < -0.3 is 9.73 Å². The first kappa shape index (κ1) is 17.5. The second-order valence-electron chi connectivity index (χ2n) is 5.28. The van der Waals surface area contributed by atoms with Gasteiger partial charge in [-0.15, -0.1) is 11.3 Å². The highest BCUT2D eigenvalue weighted by Gasteiger charge is 2.12. The van der Waals surface area contributed by atoms with E-state index >= 15 is 0 Å². The molecular weight excluding hydrogens is 338 g/mol. The second kappa shape index (κ2) is 7.60. The molecule has 1 atom stereocenters. The van der Waals surface area contributed by atoms with Crippen LogP contribution in [0.15, 0.2) is 28.2 Å². The van der Waals surface area contributed by atoms with E-state index in [1.807, 2.05) is 19.1 Å². The number of hydrogen-bond acceptors (Lipinski definition) is 6. The van der Waals surface area contributed by atoms with Crippen LogP contribution in [0.3, 0.4) is 0 Å². The molecule has 0 spiro atoms. The van der Waals surface area contributed by atoms with Crippen molar-refractivity contribution >= 4 is 32.4 Å². The summed E-state index contributed by atoms with van der Waals surface area (Å²) in [5.41, 5.74) is 0.539. The highest BCUT2D eigenvalue weighted by Crippen LogP contribution is 2.16. The van der Waals surface area contributed by atoms with Gasteiger partial charge in [-0.05, 0) is 25.5 Å². The molecule has 7 nitrogen and oxygen atoms in total. The van der Waals surface area contributed by atoms with Gasteiger partial charge in [-0.2, -0.15) is 0 Å². The first-order valence-electron chi connectivity index (χ1n) is 7.06. The Bertz CT molecular complexity index is 738. The third-order valence-corrected chi connectivity index (χ3v) is 4.48. The molecule has 0 aliphatic rings. The number of hydrogen-bond donors (Lipinski definition) is 2. The first-order valence-corrected chi connectivity index (χ1v) is 9.83. The lowest BCUT2D eigenvalue weighted by molar-refractivity contribution is -0.121. The third-order valence-electron chi connectivity index (χ3n) is 2.98. The number of aromatic nitrogens is 1. The molecule has 0 bridgehead atoms. The van der Waals surface area contributed by atoms with Gasteiger partial charge in [0.2, 0.25) is 15.9 Å². The zero-order chi connectivity index (χ0) is 16.9. The quantitative estimate of drug-likeness (QED) is 0.750. The van der Waals surface area contributed by atoms with Crippen LogP contribution in [0.2, 0.25) is 0 Å². The molecule has 0 saturated carbocycles. The molecule has 9 heteroatoms. The molecular formula is C14H19N3O4S2. The van der Waals surface area contributed by atoms with E-state index < -0.39 is 10.0 Å². The summed E-state index contributed by atoms with van der Waals surface area (Å²) in [5, 5.41) is 4.83. The SMILES string of the molecule is C[C@@H](CCc1ccco1)NC(=O)Cc1csc(NS(C)(=O)=O)n1. The van der Waals surface area contributed by atoms with Gasteiger partial charge in [0.15, 0.2) is 5.13 Å². The molecule has 0 aliphatic carbocycles. The van der Waals surface area contributed by atoms with Crippen LogP contribution in [0.5, 0.6) is 0 Å². The zero-order valence-corrected chi connectivity index (χ0v) is 14.5. The topological polar surface area (TPSA) is 101 Å². The number of carbonyl (C=O) groups excluding carboxylic acids is 1. The molecule has 1 amide bonds. The lowest BCUT2D eigenvalue weighted by atomic mass is 10.1. The van der Waals surface area contributed by atoms with E-state index in [0.717, 1.165) is 36.2 Å². The fourth-order valence-corrected chi connectivity index (χ4v) is 3.53. The van der Waals surface area contributed by atoms with Crippen molar-refractivity contribution in [3.05, 3.63) is 35.2 Å². The van der Waals surface area contributed by atoms with Crippen molar-refractivity contribution in [2.75, 3.05) is 11.0 Å². The number of thiazole rings is 1. The maximum atomic E-state index is 12.0. The summed E-state index contributed by atoms with van der Waals surface area (Å²) < 4.78 is 29.8. The first-order chi connectivity index (χ1) is 10.8. The van der Waals surface area contributed by atoms with Crippen molar-refractivity contribution in [1.29, 1.82) is 0 Å². The summed E-state index contributed by atoms with van der Waals surface area (Å²) in [7, 11) is -3.35. The van der Waals surface area contributed by atoms with Gasteiger partial charge in [-0.3, -0.25) is 9.52 Å². The minimum Gasteiger partial charge on any atom is -0.469 e. The summed E-state index contributed by atoms with van der Waals surface area (Å²) in [6.45, 7) is 1.93. The molecule has 0 aromatic carbocycles. The van der Waals surface area contributed by atoms with Crippen LogP contribution in [-0.2, 0) is 27.7 Å². The second-order valence-corrected chi connectivity index (χ2v) is 7.89. The number of nitrogens with zero attached hydrogens (tertiary/aromatic N) is 1. The van der Waals surface area contributed by atoms with E-state index in [2.05, 4.69) is 15.0 Å². The molecule has 126 valence electrons. The van der Waals surface area contributed by atoms with Crippen molar-refractivity contribution in [2.45, 2.75) is 32.2 Å². The Morgan fingerprint density at radius 3 is 2.91 bits per heavy atom. The normalized spacial score (nSPS) is 12.8. The predicted octanol–water partition coefficient (Wildman–Crippen LogP) is 1.79. The molecule has 0 unspecified atom stereocenters. The van der Waals surface area contributed by atoms with Crippen molar-refractivity contribution in [3.63, 3.8) is 0 Å². The Hall–Kier alpha value is -1.87. The Morgan fingerprint density at radius 1 is 1.48 bits per heavy atom. The van der Waals surface area contributed by atoms with Crippen molar-refractivity contribution in [3.8, 4) is 0 Å². The Morgan fingerprint density at radius 2 is 2.26 bits per heavy atom. The lowest BCUT2D eigenvalue weighted by Crippen LogP contribution is -2.34. The molecule has 2 N–H and O–H groups in total. The smallest absolute Gasteiger partial charge is 0.231 e. The summed E-state index contributed by atoms with van der Waals surface area (Å²) in [6, 6.07) is 3.75. The molecule has 0 fully saturated rings. The number of rotatable bonds is 8. The number of carbonyl (C=O) groups is 1. The summed E-state index contributed by atoms with van der Waals surface area (Å²) in [6.07, 6.45) is 4.34. The largest absolute Gasteiger partial charge is 0.469 e. The minimum absolute atomic E-state index is 0.0138. The zero-order valence-electron chi connectivity index (χ0n) is 12.9. The standard InChI is InChI=1S/C14H19N3O4S2/c1-10(5-6-12-4-3-7-21-12)15-13(18)8-11-9-22-14(16-11)17-23(2,19)20/h3-4,7,9-10H,5-6,8H2,1-2H3,(H,15,18)(H,16,17)/t10-/m0/s1. The predicted molar refractivity (Wildman–Crippen MR) is 88.9 cm³/mol. The number of amides is 1. The Kier molecular flexibility index (Phi) is 5.78. The van der Waals surface area contributed by atoms with Crippen LogP contribution in [0.25, 0.3) is 0 Å². The Balaban J connectivity index is 1.77. The number of aryl methyl sites for hydroxylation is 1. The molecule has 23 heavy (non-hydrogen) atoms. The van der Waals surface area contributed by atoms with Crippen molar-refractivity contribution in [2.24, 2.45) is 0 Å². The minimum atomic E-state index is -3.35. The number of nitrogens with one attached hydrogen (secondary N) is 2. The van der Waals surface area contributed by atoms with Gasteiger partial charge in [-0.25, -0.2) is 13.4 Å². The van der Waals surface area contributed by atoms with E-state index in [4.69, 9.17) is 4.42 Å². The monoisotopic (exact) mass is 357 g/mol. The molecule has 0 radical (unpaired) electrons. The molecule has 2 rings (SSSR count). The summed E-state index contributed by atoms with van der Waals surface area (Å²) in [4.78, 5) is 16.1. The average molecular weight is 357 g/mol. The Labute approximate surface area is 139 Å². The van der Waals surface area contributed by atoms with Gasteiger partial charge >= 0.3 is 0 Å². The van der Waals surface area contributed by atoms with E-state index in [0.29, 0.717) is 5.69 Å². The lowest BCUT2D eigenvalue weighted by Gasteiger charge is -2.12.